The number of carbonyl (C=O) groups excluding carboxylic acids is 1. The average Bonchev–Trinajstić information content (AvgIpc) is 2.46. The summed E-state index contributed by atoms with van der Waals surface area (Å²) < 4.78 is 0. The number of hydrogen-bond donors (Lipinski definition) is 1. The molecule has 2 rings (SSSR count). The molecule has 0 unspecified atom stereocenters. The summed E-state index contributed by atoms with van der Waals surface area (Å²) in [7, 11) is 3.65. The van der Waals surface area contributed by atoms with Crippen LogP contribution in [0.25, 0.3) is 0 Å². The van der Waals surface area contributed by atoms with Gasteiger partial charge in [-0.3, -0.25) is 4.79 Å². The van der Waals surface area contributed by atoms with Crippen molar-refractivity contribution in [2.75, 3.05) is 19.0 Å². The molecule has 0 fully saturated rings. The molecular formula is C17H17NO3. The third-order valence-corrected chi connectivity index (χ3v) is 3.38. The zero-order chi connectivity index (χ0) is 15.6. The monoisotopic (exact) mass is 283 g/mol. The van der Waals surface area contributed by atoms with Gasteiger partial charge in [0.05, 0.1) is 5.56 Å². The van der Waals surface area contributed by atoms with Crippen LogP contribution in [0.15, 0.2) is 42.5 Å². The number of rotatable bonds is 4. The van der Waals surface area contributed by atoms with Crippen LogP contribution >= 0.6 is 0 Å². The fourth-order valence-corrected chi connectivity index (χ4v) is 2.16. The maximum absolute atomic E-state index is 12.6. The number of carbonyl (C=O) groups is 2. The average molecular weight is 283 g/mol. The summed E-state index contributed by atoms with van der Waals surface area (Å²) in [5, 5.41) is 9.37. The molecule has 0 spiro atoms. The van der Waals surface area contributed by atoms with Crippen LogP contribution in [0.3, 0.4) is 0 Å². The summed E-state index contributed by atoms with van der Waals surface area (Å²) in [4.78, 5) is 25.8. The predicted molar refractivity (Wildman–Crippen MR) is 82.3 cm³/mol. The second-order valence-electron chi connectivity index (χ2n) is 5.07. The second-order valence-corrected chi connectivity index (χ2v) is 5.07. The van der Waals surface area contributed by atoms with Gasteiger partial charge < -0.3 is 10.0 Å². The van der Waals surface area contributed by atoms with Crippen LogP contribution in [0, 0.1) is 6.92 Å². The van der Waals surface area contributed by atoms with E-state index in [1.165, 1.54) is 6.07 Å². The Kier molecular flexibility index (Phi) is 4.08. The molecule has 0 bridgehead atoms. The van der Waals surface area contributed by atoms with Crippen molar-refractivity contribution >= 4 is 17.4 Å². The molecule has 1 N–H and O–H groups in total. The lowest BCUT2D eigenvalue weighted by molar-refractivity contribution is 0.0693. The Balaban J connectivity index is 2.56. The van der Waals surface area contributed by atoms with E-state index in [0.29, 0.717) is 5.56 Å². The Morgan fingerprint density at radius 3 is 2.19 bits per heavy atom. The minimum absolute atomic E-state index is 0.0226. The molecule has 0 aliphatic heterocycles. The second kappa shape index (κ2) is 5.79. The third kappa shape index (κ3) is 2.94. The number of ketones is 1. The van der Waals surface area contributed by atoms with E-state index in [0.717, 1.165) is 11.3 Å². The summed E-state index contributed by atoms with van der Waals surface area (Å²) in [6.45, 7) is 1.84. The lowest BCUT2D eigenvalue weighted by Gasteiger charge is -2.15. The summed E-state index contributed by atoms with van der Waals surface area (Å²) in [6, 6.07) is 12.0. The summed E-state index contributed by atoms with van der Waals surface area (Å²) in [6.07, 6.45) is 0. The lowest BCUT2D eigenvalue weighted by Crippen LogP contribution is -2.14. The molecule has 0 aromatic heterocycles. The van der Waals surface area contributed by atoms with Crippen molar-refractivity contribution in [2.45, 2.75) is 6.92 Å². The van der Waals surface area contributed by atoms with Gasteiger partial charge in [-0.05, 0) is 30.7 Å². The van der Waals surface area contributed by atoms with Crippen LogP contribution in [0.5, 0.6) is 0 Å². The minimum Gasteiger partial charge on any atom is -0.478 e. The molecule has 0 saturated heterocycles. The van der Waals surface area contributed by atoms with Crippen LogP contribution in [-0.2, 0) is 0 Å². The zero-order valence-electron chi connectivity index (χ0n) is 12.3. The number of carboxylic acids is 1. The molecule has 4 nitrogen and oxygen atoms in total. The van der Waals surface area contributed by atoms with Crippen molar-refractivity contribution in [3.05, 3.63) is 64.7 Å². The number of nitrogens with zero attached hydrogens (tertiary/aromatic N) is 1. The van der Waals surface area contributed by atoms with Crippen LogP contribution in [0.2, 0.25) is 0 Å². The van der Waals surface area contributed by atoms with Crippen molar-refractivity contribution < 1.29 is 14.7 Å². The fourth-order valence-electron chi connectivity index (χ4n) is 2.16. The standard InChI is InChI=1S/C17H17NO3/c1-11-6-4-5-7-13(11)16(19)14-9-8-12(18(2)3)10-15(14)17(20)21/h4-10H,1-3H3,(H,20,21). The zero-order valence-corrected chi connectivity index (χ0v) is 12.3. The van der Waals surface area contributed by atoms with Crippen molar-refractivity contribution in [2.24, 2.45) is 0 Å². The molecular weight excluding hydrogens is 266 g/mol. The van der Waals surface area contributed by atoms with E-state index in [-0.39, 0.29) is 16.9 Å². The Labute approximate surface area is 123 Å². The normalized spacial score (nSPS) is 10.2. The Morgan fingerprint density at radius 2 is 1.62 bits per heavy atom. The Morgan fingerprint density at radius 1 is 0.952 bits per heavy atom. The first-order valence-corrected chi connectivity index (χ1v) is 6.57. The van der Waals surface area contributed by atoms with Gasteiger partial charge in [-0.25, -0.2) is 4.79 Å². The first kappa shape index (κ1) is 14.8. The molecule has 2 aromatic rings. The molecule has 0 saturated carbocycles. The van der Waals surface area contributed by atoms with Crippen LogP contribution < -0.4 is 4.90 Å². The largest absolute Gasteiger partial charge is 0.478 e. The molecule has 21 heavy (non-hydrogen) atoms. The van der Waals surface area contributed by atoms with E-state index < -0.39 is 5.97 Å². The van der Waals surface area contributed by atoms with Gasteiger partial charge in [0.2, 0.25) is 0 Å². The number of aromatic carboxylic acids is 1. The predicted octanol–water partition coefficient (Wildman–Crippen LogP) is 2.99. The first-order chi connectivity index (χ1) is 9.91. The molecule has 2 aromatic carbocycles. The lowest BCUT2D eigenvalue weighted by atomic mass is 9.95. The first-order valence-electron chi connectivity index (χ1n) is 6.57. The van der Waals surface area contributed by atoms with Gasteiger partial charge in [0.15, 0.2) is 5.78 Å². The highest BCUT2D eigenvalue weighted by molar-refractivity contribution is 6.15. The number of anilines is 1. The molecule has 0 aliphatic rings. The molecule has 0 radical (unpaired) electrons. The quantitative estimate of drug-likeness (QED) is 0.876. The summed E-state index contributed by atoms with van der Waals surface area (Å²) in [5.74, 6) is -1.37. The van der Waals surface area contributed by atoms with Crippen LogP contribution in [-0.4, -0.2) is 31.0 Å². The van der Waals surface area contributed by atoms with E-state index in [1.807, 2.05) is 33.2 Å². The van der Waals surface area contributed by atoms with Crippen molar-refractivity contribution in [1.29, 1.82) is 0 Å². The molecule has 4 heteroatoms. The molecule has 108 valence electrons. The molecule has 0 heterocycles. The van der Waals surface area contributed by atoms with Gasteiger partial charge in [0.1, 0.15) is 0 Å². The van der Waals surface area contributed by atoms with Crippen molar-refractivity contribution in [3.63, 3.8) is 0 Å². The highest BCUT2D eigenvalue weighted by Gasteiger charge is 2.20. The highest BCUT2D eigenvalue weighted by Crippen LogP contribution is 2.22. The van der Waals surface area contributed by atoms with E-state index in [9.17, 15) is 14.7 Å². The van der Waals surface area contributed by atoms with E-state index in [2.05, 4.69) is 0 Å². The maximum atomic E-state index is 12.6. The fraction of sp³-hybridized carbons (Fsp3) is 0.176. The number of hydrogen-bond acceptors (Lipinski definition) is 3. The van der Waals surface area contributed by atoms with Gasteiger partial charge in [0.25, 0.3) is 0 Å². The van der Waals surface area contributed by atoms with Crippen LogP contribution in [0.1, 0.15) is 31.8 Å². The summed E-state index contributed by atoms with van der Waals surface area (Å²) >= 11 is 0. The van der Waals surface area contributed by atoms with E-state index >= 15 is 0 Å². The Bertz CT molecular complexity index is 705. The molecule has 0 amide bonds. The number of carboxylic acid groups (broad SMARTS) is 1. The smallest absolute Gasteiger partial charge is 0.336 e. The van der Waals surface area contributed by atoms with Crippen molar-refractivity contribution in [1.82, 2.24) is 0 Å². The van der Waals surface area contributed by atoms with Gasteiger partial charge in [-0.15, -0.1) is 0 Å². The van der Waals surface area contributed by atoms with Gasteiger partial charge in [-0.1, -0.05) is 24.3 Å². The van der Waals surface area contributed by atoms with E-state index in [1.54, 1.807) is 29.2 Å². The SMILES string of the molecule is Cc1ccccc1C(=O)c1ccc(N(C)C)cc1C(=O)O. The highest BCUT2D eigenvalue weighted by atomic mass is 16.4. The number of aryl methyl sites for hydroxylation is 1. The topological polar surface area (TPSA) is 57.6 Å². The van der Waals surface area contributed by atoms with Crippen molar-refractivity contribution in [3.8, 4) is 0 Å². The third-order valence-electron chi connectivity index (χ3n) is 3.38. The van der Waals surface area contributed by atoms with Gasteiger partial charge >= 0.3 is 5.97 Å². The minimum atomic E-state index is -1.10. The Hall–Kier alpha value is -2.62. The van der Waals surface area contributed by atoms with E-state index in [4.69, 9.17) is 0 Å². The maximum Gasteiger partial charge on any atom is 0.336 e. The van der Waals surface area contributed by atoms with Gasteiger partial charge in [0, 0.05) is 30.9 Å². The summed E-state index contributed by atoms with van der Waals surface area (Å²) in [5.41, 5.74) is 2.33. The molecule has 0 atom stereocenters. The van der Waals surface area contributed by atoms with Crippen LogP contribution in [0.4, 0.5) is 5.69 Å². The number of benzene rings is 2. The molecule has 0 aliphatic carbocycles. The van der Waals surface area contributed by atoms with Gasteiger partial charge in [-0.2, -0.15) is 0 Å².